The number of aromatic nitrogens is 3. The van der Waals surface area contributed by atoms with Crippen molar-refractivity contribution in [3.63, 3.8) is 0 Å². The predicted molar refractivity (Wildman–Crippen MR) is 129 cm³/mol. The van der Waals surface area contributed by atoms with Crippen molar-refractivity contribution < 1.29 is 5.11 Å². The van der Waals surface area contributed by atoms with Crippen LogP contribution in [0.1, 0.15) is 40.0 Å². The molecular formula is C23H23ClN4OS2. The maximum atomic E-state index is 9.77. The van der Waals surface area contributed by atoms with Gasteiger partial charge >= 0.3 is 0 Å². The smallest absolute Gasteiger partial charge is 0.122 e. The van der Waals surface area contributed by atoms with Crippen LogP contribution in [0.15, 0.2) is 48.0 Å². The van der Waals surface area contributed by atoms with Gasteiger partial charge in [-0.1, -0.05) is 17.7 Å². The molecule has 0 saturated heterocycles. The Morgan fingerprint density at radius 3 is 2.55 bits per heavy atom. The number of thiazole rings is 2. The number of nitrogens with zero attached hydrogens (tertiary/aromatic N) is 4. The van der Waals surface area contributed by atoms with Crippen LogP contribution in [0.25, 0.3) is 10.6 Å². The zero-order valence-electron chi connectivity index (χ0n) is 17.5. The molecule has 1 aromatic carbocycles. The van der Waals surface area contributed by atoms with E-state index in [2.05, 4.69) is 39.4 Å². The monoisotopic (exact) mass is 470 g/mol. The molecule has 0 saturated carbocycles. The maximum absolute atomic E-state index is 9.77. The summed E-state index contributed by atoms with van der Waals surface area (Å²) in [6.07, 6.45) is 2.06. The van der Waals surface area contributed by atoms with Crippen molar-refractivity contribution in [2.45, 2.75) is 32.9 Å². The molecule has 3 aromatic heterocycles. The van der Waals surface area contributed by atoms with Gasteiger partial charge in [-0.05, 0) is 49.7 Å². The highest BCUT2D eigenvalue weighted by Crippen LogP contribution is 2.33. The Kier molecular flexibility index (Phi) is 6.67. The third-order valence-corrected chi connectivity index (χ3v) is 7.31. The van der Waals surface area contributed by atoms with Crippen LogP contribution in [0.5, 0.6) is 0 Å². The van der Waals surface area contributed by atoms with E-state index in [-0.39, 0.29) is 0 Å². The molecule has 0 amide bonds. The quantitative estimate of drug-likeness (QED) is 0.364. The van der Waals surface area contributed by atoms with Crippen LogP contribution in [-0.4, -0.2) is 27.1 Å². The van der Waals surface area contributed by atoms with E-state index in [0.717, 1.165) is 54.8 Å². The van der Waals surface area contributed by atoms with Crippen molar-refractivity contribution in [3.05, 3.63) is 80.0 Å². The molecule has 4 rings (SSSR count). The summed E-state index contributed by atoms with van der Waals surface area (Å²) < 4.78 is 0. The van der Waals surface area contributed by atoms with Gasteiger partial charge in [0.1, 0.15) is 11.1 Å². The third kappa shape index (κ3) is 5.30. The molecule has 0 unspecified atom stereocenters. The molecule has 31 heavy (non-hydrogen) atoms. The van der Waals surface area contributed by atoms with Crippen molar-refractivity contribution in [1.82, 2.24) is 15.0 Å². The molecule has 1 N–H and O–H groups in total. The second kappa shape index (κ2) is 9.44. The van der Waals surface area contributed by atoms with Crippen LogP contribution in [0, 0.1) is 6.92 Å². The fourth-order valence-electron chi connectivity index (χ4n) is 3.20. The van der Waals surface area contributed by atoms with Crippen molar-refractivity contribution >= 4 is 40.0 Å². The maximum Gasteiger partial charge on any atom is 0.122 e. The number of anilines is 1. The number of halogens is 1. The number of hydrogen-bond acceptors (Lipinski definition) is 7. The molecule has 0 fully saturated rings. The molecule has 0 aliphatic carbocycles. The lowest BCUT2D eigenvalue weighted by atomic mass is 10.2. The minimum Gasteiger partial charge on any atom is -0.386 e. The van der Waals surface area contributed by atoms with Gasteiger partial charge in [0.25, 0.3) is 0 Å². The Morgan fingerprint density at radius 1 is 1.13 bits per heavy atom. The van der Waals surface area contributed by atoms with Gasteiger partial charge in [-0.15, -0.1) is 22.7 Å². The van der Waals surface area contributed by atoms with E-state index < -0.39 is 6.10 Å². The van der Waals surface area contributed by atoms with Gasteiger partial charge in [0.05, 0.1) is 21.3 Å². The van der Waals surface area contributed by atoms with Gasteiger partial charge in [0, 0.05) is 48.0 Å². The van der Waals surface area contributed by atoms with Gasteiger partial charge in [-0.25, -0.2) is 9.97 Å². The second-order valence-electron chi connectivity index (χ2n) is 7.44. The van der Waals surface area contributed by atoms with E-state index in [1.807, 2.05) is 37.4 Å². The highest BCUT2D eigenvalue weighted by molar-refractivity contribution is 7.16. The standard InChI is InChI=1S/C23H23ClN4OS2/c1-14-22(31-23(26-14)15(2)29)20-13-30-21(27-20)10-18-7-4-16(11-25-18)12-28(3)19-8-5-17(24)6-9-19/h4-9,11,13,15,29H,10,12H2,1-3H3/t15-/m0/s1. The van der Waals surface area contributed by atoms with Gasteiger partial charge in [0.15, 0.2) is 0 Å². The molecule has 1 atom stereocenters. The average Bonchev–Trinajstić information content (AvgIpc) is 3.36. The van der Waals surface area contributed by atoms with Crippen molar-refractivity contribution in [1.29, 1.82) is 0 Å². The highest BCUT2D eigenvalue weighted by Gasteiger charge is 2.16. The summed E-state index contributed by atoms with van der Waals surface area (Å²) in [6.45, 7) is 4.46. The van der Waals surface area contributed by atoms with Crippen molar-refractivity contribution in [2.24, 2.45) is 0 Å². The van der Waals surface area contributed by atoms with E-state index in [1.54, 1.807) is 18.3 Å². The first-order valence-electron chi connectivity index (χ1n) is 9.89. The summed E-state index contributed by atoms with van der Waals surface area (Å²) in [5, 5.41) is 14.3. The summed E-state index contributed by atoms with van der Waals surface area (Å²) >= 11 is 9.10. The van der Waals surface area contributed by atoms with E-state index >= 15 is 0 Å². The summed E-state index contributed by atoms with van der Waals surface area (Å²) in [4.78, 5) is 17.0. The van der Waals surface area contributed by atoms with Gasteiger partial charge in [-0.3, -0.25) is 4.98 Å². The number of pyridine rings is 1. The lowest BCUT2D eigenvalue weighted by Crippen LogP contribution is -2.16. The molecule has 4 aromatic rings. The Labute approximate surface area is 195 Å². The first-order chi connectivity index (χ1) is 14.9. The van der Waals surface area contributed by atoms with Gasteiger partial charge in [-0.2, -0.15) is 0 Å². The predicted octanol–water partition coefficient (Wildman–Crippen LogP) is 5.90. The molecule has 3 heterocycles. The lowest BCUT2D eigenvalue weighted by molar-refractivity contribution is 0.198. The SMILES string of the molecule is Cc1nc([C@H](C)O)sc1-c1csc(Cc2ccc(CN(C)c3ccc(Cl)cc3)cn2)n1. The zero-order valence-corrected chi connectivity index (χ0v) is 19.9. The average molecular weight is 471 g/mol. The number of hydrogen-bond donors (Lipinski definition) is 1. The molecule has 8 heteroatoms. The van der Waals surface area contributed by atoms with Crippen LogP contribution < -0.4 is 4.90 Å². The molecule has 5 nitrogen and oxygen atoms in total. The minimum atomic E-state index is -0.558. The first-order valence-corrected chi connectivity index (χ1v) is 12.0. The van der Waals surface area contributed by atoms with Gasteiger partial charge in [0.2, 0.25) is 0 Å². The zero-order chi connectivity index (χ0) is 22.0. The molecule has 0 radical (unpaired) electrons. The van der Waals surface area contributed by atoms with E-state index in [9.17, 15) is 5.11 Å². The molecule has 0 spiro atoms. The number of aryl methyl sites for hydroxylation is 1. The number of rotatable bonds is 7. The van der Waals surface area contributed by atoms with Crippen LogP contribution in [-0.2, 0) is 13.0 Å². The first kappa shape index (κ1) is 21.9. The molecule has 160 valence electrons. The molecular weight excluding hydrogens is 448 g/mol. The summed E-state index contributed by atoms with van der Waals surface area (Å²) in [6, 6.07) is 12.0. The Hall–Kier alpha value is -2.32. The Balaban J connectivity index is 1.41. The summed E-state index contributed by atoms with van der Waals surface area (Å²) in [5.41, 5.74) is 5.07. The second-order valence-corrected chi connectivity index (χ2v) is 9.85. The van der Waals surface area contributed by atoms with E-state index in [1.165, 1.54) is 11.3 Å². The van der Waals surface area contributed by atoms with E-state index in [0.29, 0.717) is 6.42 Å². The number of aliphatic hydroxyl groups is 1. The number of benzene rings is 1. The third-order valence-electron chi connectivity index (χ3n) is 4.86. The largest absolute Gasteiger partial charge is 0.386 e. The molecule has 0 bridgehead atoms. The summed E-state index contributed by atoms with van der Waals surface area (Å²) in [7, 11) is 2.05. The Bertz CT molecular complexity index is 1150. The normalized spacial score (nSPS) is 12.2. The fraction of sp³-hybridized carbons (Fsp3) is 0.261. The van der Waals surface area contributed by atoms with Crippen LogP contribution >= 0.6 is 34.3 Å². The van der Waals surface area contributed by atoms with Crippen molar-refractivity contribution in [2.75, 3.05) is 11.9 Å². The Morgan fingerprint density at radius 2 is 1.90 bits per heavy atom. The fourth-order valence-corrected chi connectivity index (χ4v) is 5.16. The topological polar surface area (TPSA) is 62.1 Å². The molecule has 0 aliphatic heterocycles. The highest BCUT2D eigenvalue weighted by atomic mass is 35.5. The van der Waals surface area contributed by atoms with Crippen molar-refractivity contribution in [3.8, 4) is 10.6 Å². The van der Waals surface area contributed by atoms with Crippen LogP contribution in [0.3, 0.4) is 0 Å². The number of aliphatic hydroxyl groups excluding tert-OH is 1. The van der Waals surface area contributed by atoms with Gasteiger partial charge < -0.3 is 10.0 Å². The minimum absolute atomic E-state index is 0.558. The summed E-state index contributed by atoms with van der Waals surface area (Å²) in [5.74, 6) is 0. The van der Waals surface area contributed by atoms with Crippen LogP contribution in [0.4, 0.5) is 5.69 Å². The lowest BCUT2D eigenvalue weighted by Gasteiger charge is -2.19. The van der Waals surface area contributed by atoms with E-state index in [4.69, 9.17) is 16.6 Å². The molecule has 0 aliphatic rings. The van der Waals surface area contributed by atoms with Crippen LogP contribution in [0.2, 0.25) is 5.02 Å².